The Labute approximate surface area is 222 Å². The summed E-state index contributed by atoms with van der Waals surface area (Å²) in [6.45, 7) is 3.76. The van der Waals surface area contributed by atoms with Crippen molar-refractivity contribution in [3.63, 3.8) is 0 Å². The highest BCUT2D eigenvalue weighted by atomic mass is 32.1. The first-order valence-corrected chi connectivity index (χ1v) is 13.1. The second-order valence-electron chi connectivity index (χ2n) is 10.1. The van der Waals surface area contributed by atoms with Gasteiger partial charge in [0.1, 0.15) is 12.1 Å². The number of benzene rings is 2. The fourth-order valence-electron chi connectivity index (χ4n) is 4.18. The summed E-state index contributed by atoms with van der Waals surface area (Å²) < 4.78 is 1.11. The monoisotopic (exact) mass is 520 g/mol. The Balaban J connectivity index is 1.91. The van der Waals surface area contributed by atoms with Crippen LogP contribution in [0.5, 0.6) is 0 Å². The number of nitrogens with zero attached hydrogens (tertiary/aromatic N) is 2. The lowest BCUT2D eigenvalue weighted by atomic mass is 9.99. The largest absolute Gasteiger partial charge is 0.368 e. The second-order valence-corrected chi connectivity index (χ2v) is 11.0. The SMILES string of the molecule is CN(C(=O)/C=C/CC(C)(C)N)[C@H](Cc1csc2ccccc12)C(=O)N(C)[C@H](Cc1ccccc1)C(N)=O. The third-order valence-electron chi connectivity index (χ3n) is 6.39. The molecule has 37 heavy (non-hydrogen) atoms. The smallest absolute Gasteiger partial charge is 0.246 e. The normalized spacial score (nSPS) is 13.4. The molecule has 0 aliphatic carbocycles. The highest BCUT2D eigenvalue weighted by molar-refractivity contribution is 7.17. The number of nitrogens with two attached hydrogens (primary N) is 2. The number of carbonyl (C=O) groups excluding carboxylic acids is 3. The van der Waals surface area contributed by atoms with Crippen molar-refractivity contribution in [1.29, 1.82) is 0 Å². The molecule has 0 aliphatic heterocycles. The van der Waals surface area contributed by atoms with Crippen LogP contribution < -0.4 is 11.5 Å². The van der Waals surface area contributed by atoms with Crippen LogP contribution in [0.25, 0.3) is 10.1 Å². The van der Waals surface area contributed by atoms with Crippen molar-refractivity contribution in [2.45, 2.75) is 50.7 Å². The summed E-state index contributed by atoms with van der Waals surface area (Å²) in [4.78, 5) is 42.3. The Morgan fingerprint density at radius 3 is 2.24 bits per heavy atom. The molecule has 0 aliphatic rings. The zero-order chi connectivity index (χ0) is 27.2. The maximum absolute atomic E-state index is 13.9. The number of rotatable bonds is 11. The number of likely N-dealkylation sites (N-methyl/N-ethyl adjacent to an activating group) is 2. The molecule has 196 valence electrons. The van der Waals surface area contributed by atoms with Crippen molar-refractivity contribution in [2.75, 3.05) is 14.1 Å². The van der Waals surface area contributed by atoms with E-state index in [2.05, 4.69) is 0 Å². The minimum Gasteiger partial charge on any atom is -0.368 e. The molecule has 0 spiro atoms. The van der Waals surface area contributed by atoms with Crippen LogP contribution >= 0.6 is 11.3 Å². The van der Waals surface area contributed by atoms with Crippen molar-refractivity contribution in [2.24, 2.45) is 11.5 Å². The number of hydrogen-bond acceptors (Lipinski definition) is 5. The van der Waals surface area contributed by atoms with Crippen molar-refractivity contribution in [3.8, 4) is 0 Å². The predicted octanol–water partition coefficient (Wildman–Crippen LogP) is 3.51. The molecule has 3 amide bonds. The lowest BCUT2D eigenvalue weighted by molar-refractivity contribution is -0.145. The lowest BCUT2D eigenvalue weighted by Crippen LogP contribution is -2.55. The number of carbonyl (C=O) groups is 3. The van der Waals surface area contributed by atoms with Crippen LogP contribution in [0, 0.1) is 0 Å². The van der Waals surface area contributed by atoms with Gasteiger partial charge in [0.25, 0.3) is 0 Å². The Kier molecular flexibility index (Phi) is 9.23. The molecule has 0 fully saturated rings. The molecule has 1 aromatic heterocycles. The van der Waals surface area contributed by atoms with E-state index >= 15 is 0 Å². The first kappa shape index (κ1) is 28.1. The summed E-state index contributed by atoms with van der Waals surface area (Å²) in [6, 6.07) is 15.7. The van der Waals surface area contributed by atoms with Crippen LogP contribution in [0.2, 0.25) is 0 Å². The molecule has 0 bridgehead atoms. The molecular formula is C29H36N4O3S. The van der Waals surface area contributed by atoms with Crippen LogP contribution in [0.4, 0.5) is 0 Å². The first-order chi connectivity index (χ1) is 17.5. The third-order valence-corrected chi connectivity index (χ3v) is 7.41. The van der Waals surface area contributed by atoms with Gasteiger partial charge in [-0.05, 0) is 54.3 Å². The summed E-state index contributed by atoms with van der Waals surface area (Å²) in [5, 5.41) is 3.07. The van der Waals surface area contributed by atoms with Crippen molar-refractivity contribution >= 4 is 39.1 Å². The average Bonchev–Trinajstić information content (AvgIpc) is 3.27. The molecule has 0 saturated heterocycles. The van der Waals surface area contributed by atoms with Gasteiger partial charge in [0.05, 0.1) is 0 Å². The van der Waals surface area contributed by atoms with Gasteiger partial charge in [-0.25, -0.2) is 0 Å². The number of primary amides is 1. The zero-order valence-corrected chi connectivity index (χ0v) is 22.7. The summed E-state index contributed by atoms with van der Waals surface area (Å²) in [7, 11) is 3.19. The van der Waals surface area contributed by atoms with Crippen molar-refractivity contribution in [1.82, 2.24) is 9.80 Å². The van der Waals surface area contributed by atoms with Crippen LogP contribution in [0.1, 0.15) is 31.4 Å². The molecule has 7 nitrogen and oxygen atoms in total. The number of hydrogen-bond donors (Lipinski definition) is 2. The molecule has 3 aromatic rings. The van der Waals surface area contributed by atoms with Crippen LogP contribution in [0.3, 0.4) is 0 Å². The number of amides is 3. The van der Waals surface area contributed by atoms with Crippen LogP contribution in [0.15, 0.2) is 72.1 Å². The van der Waals surface area contributed by atoms with E-state index in [0.29, 0.717) is 12.8 Å². The van der Waals surface area contributed by atoms with Gasteiger partial charge in [-0.15, -0.1) is 11.3 Å². The minimum atomic E-state index is -0.853. The van der Waals surface area contributed by atoms with E-state index in [1.807, 2.05) is 73.8 Å². The van der Waals surface area contributed by atoms with E-state index in [0.717, 1.165) is 21.2 Å². The fraction of sp³-hybridized carbons (Fsp3) is 0.345. The Hall–Kier alpha value is -3.49. The van der Waals surface area contributed by atoms with Crippen molar-refractivity contribution in [3.05, 3.63) is 83.3 Å². The van der Waals surface area contributed by atoms with E-state index in [-0.39, 0.29) is 18.2 Å². The van der Waals surface area contributed by atoms with Gasteiger partial charge in [-0.1, -0.05) is 54.6 Å². The van der Waals surface area contributed by atoms with E-state index in [9.17, 15) is 14.4 Å². The summed E-state index contributed by atoms with van der Waals surface area (Å²) in [5.74, 6) is -1.26. The van der Waals surface area contributed by atoms with Gasteiger partial charge in [-0.2, -0.15) is 0 Å². The molecule has 0 unspecified atom stereocenters. The van der Waals surface area contributed by atoms with Crippen LogP contribution in [-0.4, -0.2) is 59.2 Å². The average molecular weight is 521 g/mol. The molecule has 4 N–H and O–H groups in total. The van der Waals surface area contributed by atoms with Gasteiger partial charge in [0.15, 0.2) is 0 Å². The highest BCUT2D eigenvalue weighted by Gasteiger charge is 2.34. The standard InChI is InChI=1S/C29H36N4O3S/c1-29(2,31)16-10-15-26(34)32(3)24(18-21-19-37-25-14-9-8-13-22(21)25)28(36)33(4)23(27(30)35)17-20-11-6-5-7-12-20/h5-15,19,23-24H,16-18,31H2,1-4H3,(H2,30,35)/b15-10+/t23-,24-/m1/s1. The Bertz CT molecular complexity index is 1260. The van der Waals surface area contributed by atoms with Gasteiger partial charge in [0, 0.05) is 37.2 Å². The van der Waals surface area contributed by atoms with E-state index in [4.69, 9.17) is 11.5 Å². The predicted molar refractivity (Wildman–Crippen MR) is 150 cm³/mol. The quantitative estimate of drug-likeness (QED) is 0.377. The summed E-state index contributed by atoms with van der Waals surface area (Å²) in [5.41, 5.74) is 13.2. The minimum absolute atomic E-state index is 0.287. The van der Waals surface area contributed by atoms with E-state index < -0.39 is 23.5 Å². The molecule has 8 heteroatoms. The topological polar surface area (TPSA) is 110 Å². The Morgan fingerprint density at radius 1 is 0.946 bits per heavy atom. The molecular weight excluding hydrogens is 484 g/mol. The second kappa shape index (κ2) is 12.2. The third kappa shape index (κ3) is 7.50. The van der Waals surface area contributed by atoms with Gasteiger partial charge in [0.2, 0.25) is 17.7 Å². The zero-order valence-electron chi connectivity index (χ0n) is 21.9. The first-order valence-electron chi connectivity index (χ1n) is 12.2. The summed E-state index contributed by atoms with van der Waals surface area (Å²) in [6.07, 6.45) is 4.29. The molecule has 1 heterocycles. The molecule has 2 atom stereocenters. The molecule has 2 aromatic carbocycles. The molecule has 0 radical (unpaired) electrons. The number of thiophene rings is 1. The van der Waals surface area contributed by atoms with E-state index in [1.165, 1.54) is 15.9 Å². The van der Waals surface area contributed by atoms with Gasteiger partial charge in [-0.3, -0.25) is 14.4 Å². The molecule has 3 rings (SSSR count). The van der Waals surface area contributed by atoms with E-state index in [1.54, 1.807) is 31.5 Å². The maximum atomic E-state index is 13.9. The van der Waals surface area contributed by atoms with Crippen molar-refractivity contribution < 1.29 is 14.4 Å². The fourth-order valence-corrected chi connectivity index (χ4v) is 5.15. The summed E-state index contributed by atoms with van der Waals surface area (Å²) >= 11 is 1.60. The highest BCUT2D eigenvalue weighted by Crippen LogP contribution is 2.28. The Morgan fingerprint density at radius 2 is 1.59 bits per heavy atom. The lowest BCUT2D eigenvalue weighted by Gasteiger charge is -2.33. The van der Waals surface area contributed by atoms with Gasteiger partial charge >= 0.3 is 0 Å². The number of fused-ring (bicyclic) bond motifs is 1. The van der Waals surface area contributed by atoms with Crippen LogP contribution in [-0.2, 0) is 27.2 Å². The maximum Gasteiger partial charge on any atom is 0.246 e. The van der Waals surface area contributed by atoms with Gasteiger partial charge < -0.3 is 21.3 Å². The molecule has 0 saturated carbocycles.